The molecule has 3 rings (SSSR count). The molecule has 7 nitrogen and oxygen atoms in total. The lowest BCUT2D eigenvalue weighted by molar-refractivity contribution is 0.0793. The number of hydrogen-bond acceptors (Lipinski definition) is 5. The number of carbonyl (C=O) groups excluding carboxylic acids is 1. The molecule has 0 atom stereocenters. The summed E-state index contributed by atoms with van der Waals surface area (Å²) < 4.78 is 28.2. The smallest absolute Gasteiger partial charge is 0.265 e. The van der Waals surface area contributed by atoms with E-state index < -0.39 is 10.0 Å². The van der Waals surface area contributed by atoms with Gasteiger partial charge in [-0.15, -0.1) is 0 Å². The van der Waals surface area contributed by atoms with Crippen molar-refractivity contribution in [1.82, 2.24) is 9.88 Å². The second-order valence-electron chi connectivity index (χ2n) is 6.50. The molecule has 1 aliphatic rings. The van der Waals surface area contributed by atoms with Crippen LogP contribution >= 0.6 is 0 Å². The zero-order valence-electron chi connectivity index (χ0n) is 14.8. The van der Waals surface area contributed by atoms with Gasteiger partial charge in [0.2, 0.25) is 0 Å². The number of carbonyl (C=O) groups is 1. The number of nitrogen functional groups attached to an aromatic ring is 1. The van der Waals surface area contributed by atoms with Gasteiger partial charge < -0.3 is 10.6 Å². The first-order valence-corrected chi connectivity index (χ1v) is 9.92. The number of benzene rings is 1. The highest BCUT2D eigenvalue weighted by Gasteiger charge is 2.26. The Morgan fingerprint density at radius 3 is 2.62 bits per heavy atom. The molecule has 0 spiro atoms. The lowest BCUT2D eigenvalue weighted by Gasteiger charge is -2.20. The lowest BCUT2D eigenvalue weighted by atomic mass is 10.1. The van der Waals surface area contributed by atoms with Gasteiger partial charge in [-0.3, -0.25) is 9.52 Å². The number of rotatable bonds is 4. The summed E-state index contributed by atoms with van der Waals surface area (Å²) in [4.78, 5) is 18.4. The molecule has 3 N–H and O–H groups in total. The van der Waals surface area contributed by atoms with Crippen LogP contribution in [0.2, 0.25) is 0 Å². The Morgan fingerprint density at radius 1 is 1.23 bits per heavy atom. The first kappa shape index (κ1) is 18.2. The maximum absolute atomic E-state index is 12.9. The zero-order valence-corrected chi connectivity index (χ0v) is 15.6. The Balaban J connectivity index is 2.01. The molecule has 1 saturated heterocycles. The Bertz CT molecular complexity index is 951. The molecule has 8 heteroatoms. The van der Waals surface area contributed by atoms with E-state index in [9.17, 15) is 13.2 Å². The molecule has 1 aliphatic heterocycles. The van der Waals surface area contributed by atoms with Crippen molar-refractivity contribution in [2.45, 2.75) is 31.6 Å². The molecule has 138 valence electrons. The maximum atomic E-state index is 12.9. The third-order valence-electron chi connectivity index (χ3n) is 4.43. The summed E-state index contributed by atoms with van der Waals surface area (Å²) in [5.41, 5.74) is 7.77. The predicted molar refractivity (Wildman–Crippen MR) is 101 cm³/mol. The van der Waals surface area contributed by atoms with E-state index in [0.717, 1.165) is 18.4 Å². The number of sulfonamides is 1. The van der Waals surface area contributed by atoms with Crippen LogP contribution in [0.25, 0.3) is 0 Å². The van der Waals surface area contributed by atoms with Crippen molar-refractivity contribution in [2.75, 3.05) is 23.5 Å². The molecule has 2 aromatic rings. The van der Waals surface area contributed by atoms with Crippen molar-refractivity contribution >= 4 is 27.4 Å². The topological polar surface area (TPSA) is 105 Å². The number of nitrogens with one attached hydrogen (secondary N) is 1. The summed E-state index contributed by atoms with van der Waals surface area (Å²) in [5, 5.41) is 0. The highest BCUT2D eigenvalue weighted by atomic mass is 32.2. The highest BCUT2D eigenvalue weighted by Crippen LogP contribution is 2.27. The van der Waals surface area contributed by atoms with Crippen molar-refractivity contribution < 1.29 is 13.2 Å². The molecule has 1 amide bonds. The summed E-state index contributed by atoms with van der Waals surface area (Å²) in [7, 11) is -3.97. The van der Waals surface area contributed by atoms with Gasteiger partial charge in [0.05, 0.1) is 11.3 Å². The van der Waals surface area contributed by atoms with Crippen LogP contribution in [0.4, 0.5) is 11.5 Å². The molecule has 1 fully saturated rings. The van der Waals surface area contributed by atoms with Crippen molar-refractivity contribution in [3.05, 3.63) is 47.2 Å². The summed E-state index contributed by atoms with van der Waals surface area (Å²) >= 11 is 0. The van der Waals surface area contributed by atoms with Gasteiger partial charge >= 0.3 is 0 Å². The average Bonchev–Trinajstić information content (AvgIpc) is 3.11. The first-order chi connectivity index (χ1) is 12.3. The monoisotopic (exact) mass is 374 g/mol. The molecule has 26 heavy (non-hydrogen) atoms. The van der Waals surface area contributed by atoms with Crippen molar-refractivity contribution in [3.8, 4) is 0 Å². The van der Waals surface area contributed by atoms with Gasteiger partial charge in [-0.2, -0.15) is 0 Å². The Labute approximate surface area is 153 Å². The number of amides is 1. The van der Waals surface area contributed by atoms with Crippen molar-refractivity contribution in [3.63, 3.8) is 0 Å². The number of hydrogen-bond donors (Lipinski definition) is 2. The second-order valence-corrected chi connectivity index (χ2v) is 8.15. The molecule has 0 bridgehead atoms. The molecular weight excluding hydrogens is 352 g/mol. The van der Waals surface area contributed by atoms with E-state index in [1.807, 2.05) is 0 Å². The minimum atomic E-state index is -3.97. The summed E-state index contributed by atoms with van der Waals surface area (Å²) in [6.45, 7) is 4.91. The van der Waals surface area contributed by atoms with Crippen molar-refractivity contribution in [2.24, 2.45) is 0 Å². The third-order valence-corrected chi connectivity index (χ3v) is 5.83. The fraction of sp³-hybridized carbons (Fsp3) is 0.333. The largest absolute Gasteiger partial charge is 0.383 e. The van der Waals surface area contributed by atoms with Crippen LogP contribution in [-0.2, 0) is 10.0 Å². The van der Waals surface area contributed by atoms with Gasteiger partial charge in [-0.05, 0) is 49.9 Å². The van der Waals surface area contributed by atoms with E-state index in [2.05, 4.69) is 9.71 Å². The van der Waals surface area contributed by atoms with Crippen LogP contribution in [0.15, 0.2) is 35.4 Å². The van der Waals surface area contributed by atoms with Crippen LogP contribution in [0, 0.1) is 13.8 Å². The minimum absolute atomic E-state index is 0.0804. The van der Waals surface area contributed by atoms with E-state index in [0.29, 0.717) is 24.2 Å². The zero-order chi connectivity index (χ0) is 18.9. The van der Waals surface area contributed by atoms with Crippen molar-refractivity contribution in [1.29, 1.82) is 0 Å². The molecule has 0 unspecified atom stereocenters. The minimum Gasteiger partial charge on any atom is -0.383 e. The Morgan fingerprint density at radius 2 is 1.92 bits per heavy atom. The summed E-state index contributed by atoms with van der Waals surface area (Å²) in [5.74, 6) is -0.239. The van der Waals surface area contributed by atoms with Gasteiger partial charge in [0.1, 0.15) is 10.7 Å². The predicted octanol–water partition coefficient (Wildman–Crippen LogP) is 2.32. The van der Waals surface area contributed by atoms with Crippen LogP contribution in [-0.4, -0.2) is 37.3 Å². The van der Waals surface area contributed by atoms with E-state index in [4.69, 9.17) is 5.73 Å². The van der Waals surface area contributed by atoms with Gasteiger partial charge in [0.15, 0.2) is 0 Å². The molecule has 1 aromatic carbocycles. The van der Waals surface area contributed by atoms with Gasteiger partial charge in [0, 0.05) is 19.3 Å². The second kappa shape index (κ2) is 6.95. The Hall–Kier alpha value is -2.61. The quantitative estimate of drug-likeness (QED) is 0.854. The SMILES string of the molecule is Cc1cnc(N)c(S(=O)(=O)Nc2cccc(C)c2C(=O)N2CCCC2)c1. The summed E-state index contributed by atoms with van der Waals surface area (Å²) in [6, 6.07) is 6.56. The van der Waals surface area contributed by atoms with Gasteiger partial charge in [-0.1, -0.05) is 12.1 Å². The fourth-order valence-electron chi connectivity index (χ4n) is 3.08. The Kier molecular flexibility index (Phi) is 4.86. The molecule has 2 heterocycles. The lowest BCUT2D eigenvalue weighted by Crippen LogP contribution is -2.29. The number of aryl methyl sites for hydroxylation is 2. The molecule has 1 aromatic heterocycles. The molecule has 0 saturated carbocycles. The first-order valence-electron chi connectivity index (χ1n) is 8.43. The average molecular weight is 374 g/mol. The number of nitrogens with two attached hydrogens (primary N) is 1. The highest BCUT2D eigenvalue weighted by molar-refractivity contribution is 7.92. The van der Waals surface area contributed by atoms with E-state index >= 15 is 0 Å². The molecule has 0 aliphatic carbocycles. The van der Waals surface area contributed by atoms with Crippen LogP contribution in [0.1, 0.15) is 34.3 Å². The molecule has 0 radical (unpaired) electrons. The number of likely N-dealkylation sites (tertiary alicyclic amines) is 1. The maximum Gasteiger partial charge on any atom is 0.265 e. The van der Waals surface area contributed by atoms with Gasteiger partial charge in [-0.25, -0.2) is 13.4 Å². The normalized spacial score (nSPS) is 14.5. The van der Waals surface area contributed by atoms with Gasteiger partial charge in [0.25, 0.3) is 15.9 Å². The molecular formula is C18H22N4O3S. The van der Waals surface area contributed by atoms with E-state index in [1.165, 1.54) is 12.3 Å². The third kappa shape index (κ3) is 3.50. The number of nitrogens with zero attached hydrogens (tertiary/aromatic N) is 2. The van der Waals surface area contributed by atoms with Crippen LogP contribution in [0.5, 0.6) is 0 Å². The standard InChI is InChI=1S/C18H22N4O3S/c1-12-10-15(17(19)20-11-12)26(24,25)21-14-7-5-6-13(2)16(14)18(23)22-8-3-4-9-22/h5-7,10-11,21H,3-4,8-9H2,1-2H3,(H2,19,20). The number of anilines is 2. The fourth-order valence-corrected chi connectivity index (χ4v) is 4.32. The van der Waals surface area contributed by atoms with E-state index in [1.54, 1.807) is 36.9 Å². The van der Waals surface area contributed by atoms with Crippen LogP contribution < -0.4 is 10.5 Å². The summed E-state index contributed by atoms with van der Waals surface area (Å²) in [6.07, 6.45) is 3.43. The van der Waals surface area contributed by atoms with E-state index in [-0.39, 0.29) is 22.3 Å². The number of aromatic nitrogens is 1. The number of pyridine rings is 1. The van der Waals surface area contributed by atoms with Crippen LogP contribution in [0.3, 0.4) is 0 Å².